The van der Waals surface area contributed by atoms with Gasteiger partial charge in [-0.2, -0.15) is 4.98 Å². The molecule has 0 saturated carbocycles. The first kappa shape index (κ1) is 19.6. The van der Waals surface area contributed by atoms with Gasteiger partial charge in [-0.1, -0.05) is 50.6 Å². The molecule has 0 bridgehead atoms. The average molecular weight is 379 g/mol. The molecular weight excluding hydrogens is 354 g/mol. The lowest BCUT2D eigenvalue weighted by molar-refractivity contribution is -0.122. The van der Waals surface area contributed by atoms with Gasteiger partial charge >= 0.3 is 0 Å². The highest BCUT2D eigenvalue weighted by Crippen LogP contribution is 2.25. The van der Waals surface area contributed by atoms with E-state index in [4.69, 9.17) is 9.26 Å². The van der Waals surface area contributed by atoms with Gasteiger partial charge in [-0.3, -0.25) is 10.1 Å². The molecule has 0 radical (unpaired) electrons. The number of rotatable bonds is 5. The zero-order chi connectivity index (χ0) is 20.3. The van der Waals surface area contributed by atoms with Crippen LogP contribution in [-0.4, -0.2) is 22.2 Å². The number of carbonyl (C=O) groups excluding carboxylic acids is 1. The topological polar surface area (TPSA) is 77.2 Å². The molecule has 0 saturated heterocycles. The van der Waals surface area contributed by atoms with Crippen molar-refractivity contribution in [2.75, 3.05) is 5.32 Å². The van der Waals surface area contributed by atoms with Crippen LogP contribution in [0.5, 0.6) is 5.75 Å². The summed E-state index contributed by atoms with van der Waals surface area (Å²) in [6, 6.07) is 15.5. The predicted octanol–water partition coefficient (Wildman–Crippen LogP) is 4.75. The molecule has 1 N–H and O–H groups in total. The van der Waals surface area contributed by atoms with Gasteiger partial charge in [0.05, 0.1) is 0 Å². The number of ether oxygens (including phenoxy) is 1. The van der Waals surface area contributed by atoms with Crippen LogP contribution in [0.2, 0.25) is 0 Å². The minimum absolute atomic E-state index is 0.0646. The highest BCUT2D eigenvalue weighted by Gasteiger charge is 2.19. The molecule has 0 fully saturated rings. The third kappa shape index (κ3) is 4.76. The second kappa shape index (κ2) is 7.84. The lowest BCUT2D eigenvalue weighted by Crippen LogP contribution is -2.30. The molecule has 0 unspecified atom stereocenters. The minimum atomic E-state index is -0.707. The summed E-state index contributed by atoms with van der Waals surface area (Å²) in [6.45, 7) is 10.1. The molecule has 0 aliphatic carbocycles. The maximum Gasteiger partial charge on any atom is 0.270 e. The summed E-state index contributed by atoms with van der Waals surface area (Å²) in [4.78, 5) is 16.6. The van der Waals surface area contributed by atoms with Crippen molar-refractivity contribution in [2.24, 2.45) is 0 Å². The SMILES string of the molecule is Cc1cccc(-c2nc(NC(=O)[C@H](C)Oc3ccc(C(C)(C)C)cc3)no2)c1. The molecule has 1 atom stereocenters. The Kier molecular flexibility index (Phi) is 5.49. The number of amides is 1. The molecule has 3 aromatic rings. The van der Waals surface area contributed by atoms with E-state index >= 15 is 0 Å². The smallest absolute Gasteiger partial charge is 0.270 e. The van der Waals surface area contributed by atoms with Crippen LogP contribution in [0.4, 0.5) is 5.95 Å². The van der Waals surface area contributed by atoms with Crippen LogP contribution in [0.15, 0.2) is 53.1 Å². The fourth-order valence-electron chi connectivity index (χ4n) is 2.67. The number of aromatic nitrogens is 2. The van der Waals surface area contributed by atoms with E-state index in [-0.39, 0.29) is 17.3 Å². The molecule has 6 heteroatoms. The number of hydrogen-bond acceptors (Lipinski definition) is 5. The Hall–Kier alpha value is -3.15. The van der Waals surface area contributed by atoms with Gasteiger partial charge in [-0.05, 0) is 54.2 Å². The molecule has 0 aliphatic rings. The largest absolute Gasteiger partial charge is 0.481 e. The number of hydrogen-bond donors (Lipinski definition) is 1. The maximum atomic E-state index is 12.4. The van der Waals surface area contributed by atoms with Crippen molar-refractivity contribution in [2.45, 2.75) is 46.1 Å². The summed E-state index contributed by atoms with van der Waals surface area (Å²) in [5.41, 5.74) is 3.15. The van der Waals surface area contributed by atoms with Gasteiger partial charge < -0.3 is 9.26 Å². The summed E-state index contributed by atoms with van der Waals surface area (Å²) < 4.78 is 11.0. The standard InChI is InChI=1S/C22H25N3O3/c1-14-7-6-8-16(13-14)20-24-21(25-28-20)23-19(26)15(2)27-18-11-9-17(10-12-18)22(3,4)5/h6-13,15H,1-5H3,(H,23,25,26)/t15-/m0/s1. The number of aryl methyl sites for hydroxylation is 1. The second-order valence-electron chi connectivity index (χ2n) is 7.82. The minimum Gasteiger partial charge on any atom is -0.481 e. The van der Waals surface area contributed by atoms with Crippen LogP contribution < -0.4 is 10.1 Å². The summed E-state index contributed by atoms with van der Waals surface area (Å²) in [5.74, 6) is 0.742. The zero-order valence-corrected chi connectivity index (χ0v) is 16.8. The summed E-state index contributed by atoms with van der Waals surface area (Å²) in [7, 11) is 0. The lowest BCUT2D eigenvalue weighted by Gasteiger charge is -2.20. The fraction of sp³-hybridized carbons (Fsp3) is 0.318. The third-order valence-electron chi connectivity index (χ3n) is 4.33. The van der Waals surface area contributed by atoms with Crippen molar-refractivity contribution in [3.8, 4) is 17.2 Å². The highest BCUT2D eigenvalue weighted by molar-refractivity contribution is 5.92. The van der Waals surface area contributed by atoms with Crippen LogP contribution in [-0.2, 0) is 10.2 Å². The Morgan fingerprint density at radius 2 is 1.86 bits per heavy atom. The molecule has 28 heavy (non-hydrogen) atoms. The molecule has 6 nitrogen and oxygen atoms in total. The van der Waals surface area contributed by atoms with Crippen molar-refractivity contribution in [1.29, 1.82) is 0 Å². The number of benzene rings is 2. The first-order valence-corrected chi connectivity index (χ1v) is 9.21. The predicted molar refractivity (Wildman–Crippen MR) is 108 cm³/mol. The van der Waals surface area contributed by atoms with Gasteiger partial charge in [0.2, 0.25) is 0 Å². The van der Waals surface area contributed by atoms with E-state index in [0.29, 0.717) is 11.6 Å². The molecule has 2 aromatic carbocycles. The van der Waals surface area contributed by atoms with Gasteiger partial charge in [0, 0.05) is 5.56 Å². The first-order chi connectivity index (χ1) is 13.2. The quantitative estimate of drug-likeness (QED) is 0.692. The second-order valence-corrected chi connectivity index (χ2v) is 7.82. The van der Waals surface area contributed by atoms with Gasteiger partial charge in [-0.25, -0.2) is 0 Å². The van der Waals surface area contributed by atoms with Crippen LogP contribution >= 0.6 is 0 Å². The Labute approximate surface area is 164 Å². The van der Waals surface area contributed by atoms with E-state index in [1.807, 2.05) is 55.5 Å². The molecule has 146 valence electrons. The van der Waals surface area contributed by atoms with E-state index < -0.39 is 6.10 Å². The monoisotopic (exact) mass is 379 g/mol. The molecule has 0 spiro atoms. The first-order valence-electron chi connectivity index (χ1n) is 9.21. The molecule has 1 heterocycles. The Morgan fingerprint density at radius 3 is 2.50 bits per heavy atom. The van der Waals surface area contributed by atoms with Crippen LogP contribution in [0.3, 0.4) is 0 Å². The van der Waals surface area contributed by atoms with Crippen molar-refractivity contribution in [1.82, 2.24) is 10.1 Å². The normalized spacial score (nSPS) is 12.5. The van der Waals surface area contributed by atoms with Crippen LogP contribution in [0.1, 0.15) is 38.8 Å². The zero-order valence-electron chi connectivity index (χ0n) is 16.8. The Morgan fingerprint density at radius 1 is 1.14 bits per heavy atom. The lowest BCUT2D eigenvalue weighted by atomic mass is 9.87. The number of anilines is 1. The fourth-order valence-corrected chi connectivity index (χ4v) is 2.67. The van der Waals surface area contributed by atoms with Gasteiger partial charge in [0.1, 0.15) is 5.75 Å². The summed E-state index contributed by atoms with van der Waals surface area (Å²) >= 11 is 0. The van der Waals surface area contributed by atoms with Crippen molar-refractivity contribution >= 4 is 11.9 Å². The van der Waals surface area contributed by atoms with Crippen LogP contribution in [0, 0.1) is 6.92 Å². The Balaban J connectivity index is 1.62. The van der Waals surface area contributed by atoms with Crippen molar-refractivity contribution in [3.05, 3.63) is 59.7 Å². The maximum absolute atomic E-state index is 12.4. The van der Waals surface area contributed by atoms with E-state index in [1.54, 1.807) is 6.92 Å². The molecule has 0 aliphatic heterocycles. The Bertz CT molecular complexity index is 956. The number of nitrogens with zero attached hydrogens (tertiary/aromatic N) is 2. The van der Waals surface area contributed by atoms with Gasteiger partial charge in [-0.15, -0.1) is 0 Å². The van der Waals surface area contributed by atoms with Crippen LogP contribution in [0.25, 0.3) is 11.5 Å². The summed E-state index contributed by atoms with van der Waals surface area (Å²) in [5, 5.41) is 6.44. The van der Waals surface area contributed by atoms with E-state index in [2.05, 4.69) is 36.2 Å². The van der Waals surface area contributed by atoms with Gasteiger partial charge in [0.15, 0.2) is 6.10 Å². The van der Waals surface area contributed by atoms with Crippen molar-refractivity contribution in [3.63, 3.8) is 0 Å². The van der Waals surface area contributed by atoms with E-state index in [0.717, 1.165) is 11.1 Å². The van der Waals surface area contributed by atoms with Gasteiger partial charge in [0.25, 0.3) is 17.7 Å². The molecular formula is C22H25N3O3. The number of carbonyl (C=O) groups is 1. The number of nitrogens with one attached hydrogen (secondary N) is 1. The summed E-state index contributed by atoms with van der Waals surface area (Å²) in [6.07, 6.45) is -0.707. The molecule has 3 rings (SSSR count). The highest BCUT2D eigenvalue weighted by atomic mass is 16.5. The molecule has 1 aromatic heterocycles. The average Bonchev–Trinajstić information content (AvgIpc) is 3.10. The van der Waals surface area contributed by atoms with E-state index in [9.17, 15) is 4.79 Å². The molecule has 1 amide bonds. The van der Waals surface area contributed by atoms with Crippen molar-refractivity contribution < 1.29 is 14.1 Å². The van der Waals surface area contributed by atoms with E-state index in [1.165, 1.54) is 5.56 Å². The third-order valence-corrected chi connectivity index (χ3v) is 4.33.